The van der Waals surface area contributed by atoms with E-state index in [1.807, 2.05) is 6.92 Å². The summed E-state index contributed by atoms with van der Waals surface area (Å²) < 4.78 is 68.4. The van der Waals surface area contributed by atoms with Gasteiger partial charge in [-0.2, -0.15) is 18.2 Å². The maximum Gasteiger partial charge on any atom is 0.471 e. The molecule has 1 saturated carbocycles. The Labute approximate surface area is 162 Å². The first kappa shape index (κ1) is 21.2. The minimum absolute atomic E-state index is 0.0740. The molecule has 1 amide bonds. The van der Waals surface area contributed by atoms with Gasteiger partial charge in [0.2, 0.25) is 5.82 Å². The van der Waals surface area contributed by atoms with E-state index >= 15 is 0 Å². The van der Waals surface area contributed by atoms with Crippen molar-refractivity contribution in [2.45, 2.75) is 44.8 Å². The number of nitrogens with zero attached hydrogens (tertiary/aromatic N) is 3. The van der Waals surface area contributed by atoms with Crippen molar-refractivity contribution in [3.05, 3.63) is 35.7 Å². The highest BCUT2D eigenvalue weighted by Crippen LogP contribution is 2.49. The fourth-order valence-electron chi connectivity index (χ4n) is 2.54. The first-order valence-electron chi connectivity index (χ1n) is 8.94. The third kappa shape index (κ3) is 5.08. The van der Waals surface area contributed by atoms with Crippen LogP contribution in [0.5, 0.6) is 0 Å². The molecule has 29 heavy (non-hydrogen) atoms. The Balaban J connectivity index is 1.69. The number of hydrogen-bond acceptors (Lipinski definition) is 5. The maximum atomic E-state index is 13.3. The van der Waals surface area contributed by atoms with Crippen LogP contribution in [0.2, 0.25) is 0 Å². The van der Waals surface area contributed by atoms with Gasteiger partial charge < -0.3 is 4.52 Å². The fourth-order valence-corrected chi connectivity index (χ4v) is 2.54. The number of hydrogen-bond donors (Lipinski definition) is 0. The average molecular weight is 419 g/mol. The van der Waals surface area contributed by atoms with Crippen molar-refractivity contribution < 1.29 is 36.1 Å². The second-order valence-electron chi connectivity index (χ2n) is 6.70. The molecule has 0 spiro atoms. The lowest BCUT2D eigenvalue weighted by atomic mass is 10.1. The number of carbonyl (C=O) groups is 1. The topological polar surface area (TPSA) is 68.5 Å². The van der Waals surface area contributed by atoms with E-state index in [1.165, 1.54) is 24.3 Å². The van der Waals surface area contributed by atoms with Crippen LogP contribution in [0, 0.1) is 5.92 Å². The summed E-state index contributed by atoms with van der Waals surface area (Å²) in [6.45, 7) is 2.06. The van der Waals surface area contributed by atoms with Gasteiger partial charge in [0.25, 0.3) is 11.8 Å². The van der Waals surface area contributed by atoms with E-state index in [2.05, 4.69) is 14.7 Å². The van der Waals surface area contributed by atoms with Gasteiger partial charge in [-0.05, 0) is 12.0 Å². The zero-order chi connectivity index (χ0) is 21.2. The first-order valence-corrected chi connectivity index (χ1v) is 8.94. The highest BCUT2D eigenvalue weighted by Gasteiger charge is 2.62. The first-order chi connectivity index (χ1) is 13.6. The molecular formula is C18H18F5N3O3. The van der Waals surface area contributed by atoms with E-state index in [4.69, 9.17) is 4.84 Å². The van der Waals surface area contributed by atoms with Crippen LogP contribution >= 0.6 is 0 Å². The van der Waals surface area contributed by atoms with E-state index in [0.29, 0.717) is 12.0 Å². The third-order valence-electron chi connectivity index (χ3n) is 4.32. The molecule has 0 N–H and O–H groups in total. The third-order valence-corrected chi connectivity index (χ3v) is 4.32. The quantitative estimate of drug-likeness (QED) is 0.359. The van der Waals surface area contributed by atoms with Crippen molar-refractivity contribution in [1.29, 1.82) is 0 Å². The molecule has 6 nitrogen and oxygen atoms in total. The van der Waals surface area contributed by atoms with Crippen molar-refractivity contribution in [1.82, 2.24) is 15.2 Å². The smallest absolute Gasteiger partial charge is 0.329 e. The van der Waals surface area contributed by atoms with E-state index in [0.717, 1.165) is 11.5 Å². The molecule has 3 rings (SSSR count). The number of benzene rings is 1. The van der Waals surface area contributed by atoms with Gasteiger partial charge in [0, 0.05) is 12.0 Å². The van der Waals surface area contributed by atoms with Gasteiger partial charge in [0.05, 0.1) is 13.2 Å². The summed E-state index contributed by atoms with van der Waals surface area (Å²) in [4.78, 5) is 21.0. The van der Waals surface area contributed by atoms with Crippen LogP contribution in [0.25, 0.3) is 11.4 Å². The number of carbonyl (C=O) groups excluding carboxylic acids is 1. The summed E-state index contributed by atoms with van der Waals surface area (Å²) in [5.41, 5.74) is 0.814. The van der Waals surface area contributed by atoms with E-state index < -0.39 is 36.2 Å². The number of alkyl halides is 5. The molecule has 1 atom stereocenters. The van der Waals surface area contributed by atoms with Gasteiger partial charge >= 0.3 is 12.1 Å². The van der Waals surface area contributed by atoms with Crippen LogP contribution in [-0.2, 0) is 22.4 Å². The standard InChI is InChI=1S/C18H18F5N3O3/c1-2-3-8-28-26(15(27)13-9-17(13,19)20)10-11-4-6-12(7-5-11)14-24-16(29-25-14)18(21,22)23/h4-7,13H,2-3,8-10H2,1H3. The van der Waals surface area contributed by atoms with Gasteiger partial charge in [-0.3, -0.25) is 9.63 Å². The maximum absolute atomic E-state index is 13.3. The minimum Gasteiger partial charge on any atom is -0.329 e. The van der Waals surface area contributed by atoms with E-state index in [-0.39, 0.29) is 24.5 Å². The van der Waals surface area contributed by atoms with Gasteiger partial charge in [-0.15, -0.1) is 0 Å². The van der Waals surface area contributed by atoms with Crippen molar-refractivity contribution in [3.8, 4) is 11.4 Å². The van der Waals surface area contributed by atoms with Gasteiger partial charge in [0.15, 0.2) is 0 Å². The fraction of sp³-hybridized carbons (Fsp3) is 0.500. The largest absolute Gasteiger partial charge is 0.471 e. The molecule has 1 aliphatic rings. The highest BCUT2D eigenvalue weighted by atomic mass is 19.4. The highest BCUT2D eigenvalue weighted by molar-refractivity contribution is 5.82. The Kier molecular flexibility index (Phi) is 5.87. The number of unbranched alkanes of at least 4 members (excludes halogenated alkanes) is 1. The summed E-state index contributed by atoms with van der Waals surface area (Å²) in [6.07, 6.45) is -3.78. The summed E-state index contributed by atoms with van der Waals surface area (Å²) in [7, 11) is 0. The second-order valence-corrected chi connectivity index (χ2v) is 6.70. The Morgan fingerprint density at radius 3 is 2.48 bits per heavy atom. The van der Waals surface area contributed by atoms with Crippen molar-refractivity contribution >= 4 is 5.91 Å². The van der Waals surface area contributed by atoms with Crippen LogP contribution in [-0.4, -0.2) is 33.6 Å². The molecule has 1 aliphatic carbocycles. The summed E-state index contributed by atoms with van der Waals surface area (Å²) in [5, 5.41) is 4.21. The molecule has 1 aromatic carbocycles. The van der Waals surface area contributed by atoms with Crippen LogP contribution in [0.3, 0.4) is 0 Å². The van der Waals surface area contributed by atoms with E-state index in [9.17, 15) is 26.7 Å². The Morgan fingerprint density at radius 2 is 1.97 bits per heavy atom. The molecule has 2 aromatic rings. The van der Waals surface area contributed by atoms with Crippen molar-refractivity contribution in [2.75, 3.05) is 6.61 Å². The van der Waals surface area contributed by atoms with E-state index in [1.54, 1.807) is 0 Å². The summed E-state index contributed by atoms with van der Waals surface area (Å²) in [5.74, 6) is -6.88. The van der Waals surface area contributed by atoms with Gasteiger partial charge in [-0.25, -0.2) is 13.8 Å². The predicted molar refractivity (Wildman–Crippen MR) is 89.2 cm³/mol. The molecule has 158 valence electrons. The molecule has 0 saturated heterocycles. The lowest BCUT2D eigenvalue weighted by Gasteiger charge is -2.22. The molecule has 1 fully saturated rings. The normalized spacial score (nSPS) is 17.9. The molecule has 0 radical (unpaired) electrons. The van der Waals surface area contributed by atoms with Crippen LogP contribution in [0.1, 0.15) is 37.6 Å². The molecule has 0 aliphatic heterocycles. The number of hydroxylamine groups is 2. The Morgan fingerprint density at radius 1 is 1.31 bits per heavy atom. The predicted octanol–water partition coefficient (Wildman–Crippen LogP) is 4.47. The van der Waals surface area contributed by atoms with Crippen LogP contribution in [0.15, 0.2) is 28.8 Å². The summed E-state index contributed by atoms with van der Waals surface area (Å²) >= 11 is 0. The van der Waals surface area contributed by atoms with Crippen LogP contribution in [0.4, 0.5) is 22.0 Å². The Hall–Kier alpha value is -2.56. The van der Waals surface area contributed by atoms with Crippen molar-refractivity contribution in [2.24, 2.45) is 5.92 Å². The zero-order valence-electron chi connectivity index (χ0n) is 15.4. The minimum atomic E-state index is -4.74. The Bertz CT molecular complexity index is 851. The number of aromatic nitrogens is 2. The number of rotatable bonds is 8. The SMILES string of the molecule is CCCCON(Cc1ccc(-c2noc(C(F)(F)F)n2)cc1)C(=O)C1CC1(F)F. The zero-order valence-corrected chi connectivity index (χ0v) is 15.4. The molecular weight excluding hydrogens is 401 g/mol. The lowest BCUT2D eigenvalue weighted by Crippen LogP contribution is -2.33. The number of halogens is 5. The lowest BCUT2D eigenvalue weighted by molar-refractivity contribution is -0.194. The monoisotopic (exact) mass is 419 g/mol. The van der Waals surface area contributed by atoms with Crippen molar-refractivity contribution in [3.63, 3.8) is 0 Å². The molecule has 0 bridgehead atoms. The molecule has 1 aromatic heterocycles. The number of amides is 1. The average Bonchev–Trinajstić information content (AvgIpc) is 3.07. The van der Waals surface area contributed by atoms with Crippen LogP contribution < -0.4 is 0 Å². The van der Waals surface area contributed by atoms with Gasteiger partial charge in [0.1, 0.15) is 5.92 Å². The molecule has 11 heteroatoms. The second kappa shape index (κ2) is 8.05. The molecule has 1 heterocycles. The summed E-state index contributed by atoms with van der Waals surface area (Å²) in [6, 6.07) is 5.93. The van der Waals surface area contributed by atoms with Gasteiger partial charge in [-0.1, -0.05) is 42.8 Å². The molecule has 1 unspecified atom stereocenters.